The van der Waals surface area contributed by atoms with Crippen LogP contribution in [-0.2, 0) is 4.57 Å². The van der Waals surface area contributed by atoms with Crippen LogP contribution in [-0.4, -0.2) is 6.21 Å². The Morgan fingerprint density at radius 3 is 2.60 bits per heavy atom. The lowest BCUT2D eigenvalue weighted by Gasteiger charge is -1.82. The van der Waals surface area contributed by atoms with E-state index in [0.29, 0.717) is 0 Å². The van der Waals surface area contributed by atoms with Crippen molar-refractivity contribution < 1.29 is 9.33 Å². The summed E-state index contributed by atoms with van der Waals surface area (Å²) in [5.74, 6) is 0. The highest BCUT2D eigenvalue weighted by molar-refractivity contribution is 7.14. The van der Waals surface area contributed by atoms with Crippen molar-refractivity contribution in [3.8, 4) is 0 Å². The zero-order valence-corrected chi connectivity index (χ0v) is 6.21. The molecular formula is C7H7NOP+. The molecule has 0 amide bonds. The molecule has 0 bridgehead atoms. The second-order valence-electron chi connectivity index (χ2n) is 1.78. The average molecular weight is 152 g/mol. The fourth-order valence-corrected chi connectivity index (χ4v) is 0.852. The Kier molecular flexibility index (Phi) is 2.78. The lowest BCUT2D eigenvalue weighted by atomic mass is 10.2. The van der Waals surface area contributed by atoms with Crippen LogP contribution in [0.1, 0.15) is 5.56 Å². The fourth-order valence-electron chi connectivity index (χ4n) is 0.650. The second kappa shape index (κ2) is 3.91. The zero-order valence-electron chi connectivity index (χ0n) is 5.32. The number of hydrogen-bond donors (Lipinski definition) is 1. The van der Waals surface area contributed by atoms with Gasteiger partial charge < -0.3 is 0 Å². The molecule has 0 spiro atoms. The third kappa shape index (κ3) is 2.08. The molecule has 1 aromatic rings. The molecule has 0 fully saturated rings. The molecule has 0 atom stereocenters. The number of hydrogen-bond acceptors (Lipinski definition) is 1. The molecule has 0 saturated heterocycles. The average Bonchev–Trinajstić information content (AvgIpc) is 2.03. The largest absolute Gasteiger partial charge is 0.509 e. The zero-order chi connectivity index (χ0) is 7.23. The van der Waals surface area contributed by atoms with Crippen LogP contribution in [0.2, 0.25) is 0 Å². The van der Waals surface area contributed by atoms with Crippen molar-refractivity contribution in [3.05, 3.63) is 35.9 Å². The predicted molar refractivity (Wildman–Crippen MR) is 40.2 cm³/mol. The van der Waals surface area contributed by atoms with E-state index in [1.165, 1.54) is 0 Å². The minimum absolute atomic E-state index is 0.0657. The molecule has 0 heterocycles. The van der Waals surface area contributed by atoms with E-state index in [9.17, 15) is 4.57 Å². The van der Waals surface area contributed by atoms with E-state index in [4.69, 9.17) is 0 Å². The Labute approximate surface area is 60.9 Å². The Balaban J connectivity index is 2.76. The molecule has 2 nitrogen and oxygen atoms in total. The van der Waals surface area contributed by atoms with Gasteiger partial charge in [0, 0.05) is 5.56 Å². The molecule has 1 aromatic carbocycles. The van der Waals surface area contributed by atoms with E-state index in [1.807, 2.05) is 30.3 Å². The third-order valence-corrected chi connectivity index (χ3v) is 1.32. The van der Waals surface area contributed by atoms with Gasteiger partial charge in [-0.2, -0.15) is 9.33 Å². The van der Waals surface area contributed by atoms with Crippen LogP contribution in [0.15, 0.2) is 30.3 Å². The monoisotopic (exact) mass is 152 g/mol. The van der Waals surface area contributed by atoms with Gasteiger partial charge in [0.15, 0.2) is 6.21 Å². The standard InChI is InChI=1S/C7H6NOP/c9-10-8-6-7-4-2-1-3-5-7/h1-6H/p+1. The van der Waals surface area contributed by atoms with E-state index in [-0.39, 0.29) is 8.61 Å². The SMILES string of the molecule is O=P[NH+]=Cc1ccccc1. The maximum atomic E-state index is 9.93. The number of nitrogens with one attached hydrogen (secondary N) is 1. The van der Waals surface area contributed by atoms with Crippen molar-refractivity contribution >= 4 is 14.8 Å². The van der Waals surface area contributed by atoms with Crippen molar-refractivity contribution in [2.75, 3.05) is 0 Å². The normalized spacial score (nSPS) is 10.8. The molecule has 0 unspecified atom stereocenters. The van der Waals surface area contributed by atoms with Crippen LogP contribution in [0.3, 0.4) is 0 Å². The molecule has 0 aliphatic heterocycles. The fraction of sp³-hybridized carbons (Fsp3) is 0. The summed E-state index contributed by atoms with van der Waals surface area (Å²) in [5.41, 5.74) is 1.02. The van der Waals surface area contributed by atoms with Crippen LogP contribution < -0.4 is 4.76 Å². The maximum Gasteiger partial charge on any atom is 0.509 e. The lowest BCUT2D eigenvalue weighted by Crippen LogP contribution is -2.54. The second-order valence-corrected chi connectivity index (χ2v) is 2.22. The Hall–Kier alpha value is -1.01. The van der Waals surface area contributed by atoms with Crippen LogP contribution in [0, 0.1) is 0 Å². The first-order valence-electron chi connectivity index (χ1n) is 2.89. The van der Waals surface area contributed by atoms with Crippen LogP contribution in [0.4, 0.5) is 0 Å². The molecule has 0 aliphatic carbocycles. The number of rotatable bonds is 2. The van der Waals surface area contributed by atoms with Crippen LogP contribution in [0.5, 0.6) is 0 Å². The molecule has 0 aromatic heterocycles. The van der Waals surface area contributed by atoms with Crippen molar-refractivity contribution in [1.29, 1.82) is 0 Å². The summed E-state index contributed by atoms with van der Waals surface area (Å²) < 4.78 is 12.5. The van der Waals surface area contributed by atoms with Gasteiger partial charge in [-0.3, -0.25) is 0 Å². The van der Waals surface area contributed by atoms with Gasteiger partial charge >= 0.3 is 8.61 Å². The molecule has 1 rings (SSSR count). The molecule has 50 valence electrons. The van der Waals surface area contributed by atoms with E-state index in [2.05, 4.69) is 4.76 Å². The summed E-state index contributed by atoms with van der Waals surface area (Å²) in [6, 6.07) is 9.65. The smallest absolute Gasteiger partial charge is 0.191 e. The van der Waals surface area contributed by atoms with Crippen molar-refractivity contribution in [1.82, 2.24) is 0 Å². The van der Waals surface area contributed by atoms with Gasteiger partial charge in [-0.1, -0.05) is 18.2 Å². The molecule has 0 aliphatic rings. The van der Waals surface area contributed by atoms with Gasteiger partial charge in [0.25, 0.3) is 0 Å². The van der Waals surface area contributed by atoms with Crippen LogP contribution in [0.25, 0.3) is 0 Å². The Bertz CT molecular complexity index is 233. The van der Waals surface area contributed by atoms with Crippen molar-refractivity contribution in [2.45, 2.75) is 0 Å². The van der Waals surface area contributed by atoms with Gasteiger partial charge in [-0.05, 0) is 12.1 Å². The summed E-state index contributed by atoms with van der Waals surface area (Å²) >= 11 is 0. The van der Waals surface area contributed by atoms with E-state index in [0.717, 1.165) is 5.56 Å². The summed E-state index contributed by atoms with van der Waals surface area (Å²) in [6.07, 6.45) is 1.69. The molecular weight excluding hydrogens is 145 g/mol. The Morgan fingerprint density at radius 1 is 1.30 bits per heavy atom. The topological polar surface area (TPSA) is 31.0 Å². The highest BCUT2D eigenvalue weighted by Gasteiger charge is 1.85. The van der Waals surface area contributed by atoms with Gasteiger partial charge in [0.1, 0.15) is 0 Å². The minimum atomic E-state index is -0.0657. The predicted octanol–water partition coefficient (Wildman–Crippen LogP) is 0.393. The first-order chi connectivity index (χ1) is 4.93. The number of benzene rings is 1. The Morgan fingerprint density at radius 2 is 2.00 bits per heavy atom. The molecule has 0 saturated carbocycles. The summed E-state index contributed by atoms with van der Waals surface area (Å²) in [7, 11) is -0.0657. The summed E-state index contributed by atoms with van der Waals surface area (Å²) in [5, 5.41) is 0. The van der Waals surface area contributed by atoms with E-state index >= 15 is 0 Å². The molecule has 10 heavy (non-hydrogen) atoms. The third-order valence-electron chi connectivity index (χ3n) is 1.08. The summed E-state index contributed by atoms with van der Waals surface area (Å²) in [4.78, 5) is 0. The lowest BCUT2D eigenvalue weighted by molar-refractivity contribution is -0.251. The highest BCUT2D eigenvalue weighted by atomic mass is 31.1. The van der Waals surface area contributed by atoms with Crippen LogP contribution >= 0.6 is 8.61 Å². The minimum Gasteiger partial charge on any atom is -0.191 e. The quantitative estimate of drug-likeness (QED) is 0.482. The van der Waals surface area contributed by atoms with Gasteiger partial charge in [-0.25, -0.2) is 0 Å². The van der Waals surface area contributed by atoms with Gasteiger partial charge in [0.05, 0.1) is 0 Å². The van der Waals surface area contributed by atoms with E-state index in [1.54, 1.807) is 6.21 Å². The van der Waals surface area contributed by atoms with E-state index < -0.39 is 0 Å². The molecule has 0 radical (unpaired) electrons. The van der Waals surface area contributed by atoms with Gasteiger partial charge in [-0.15, -0.1) is 0 Å². The van der Waals surface area contributed by atoms with Crippen molar-refractivity contribution in [3.63, 3.8) is 0 Å². The van der Waals surface area contributed by atoms with Crippen molar-refractivity contribution in [2.24, 2.45) is 0 Å². The first-order valence-corrected chi connectivity index (χ1v) is 3.71. The highest BCUT2D eigenvalue weighted by Crippen LogP contribution is 1.90. The van der Waals surface area contributed by atoms with Gasteiger partial charge in [0.2, 0.25) is 0 Å². The molecule has 1 N–H and O–H groups in total. The maximum absolute atomic E-state index is 9.93. The summed E-state index contributed by atoms with van der Waals surface area (Å²) in [6.45, 7) is 0. The first kappa shape index (κ1) is 7.10. The molecule has 3 heteroatoms.